The zero-order valence-corrected chi connectivity index (χ0v) is 20.5. The van der Waals surface area contributed by atoms with E-state index in [2.05, 4.69) is 4.72 Å². The van der Waals surface area contributed by atoms with Crippen LogP contribution in [0.5, 0.6) is 5.75 Å². The average Bonchev–Trinajstić information content (AvgIpc) is 2.88. The van der Waals surface area contributed by atoms with Crippen LogP contribution in [0.2, 0.25) is 0 Å². The van der Waals surface area contributed by atoms with Gasteiger partial charge in [0, 0.05) is 37.4 Å². The molecule has 0 aromatic heterocycles. The number of benzene rings is 3. The van der Waals surface area contributed by atoms with Crippen LogP contribution in [0.4, 0.5) is 15.8 Å². The van der Waals surface area contributed by atoms with Crippen molar-refractivity contribution in [1.82, 2.24) is 4.90 Å². The van der Waals surface area contributed by atoms with Crippen molar-refractivity contribution in [3.63, 3.8) is 0 Å². The molecule has 0 radical (unpaired) electrons. The van der Waals surface area contributed by atoms with Crippen LogP contribution in [-0.4, -0.2) is 52.5 Å². The second-order valence-corrected chi connectivity index (χ2v) is 9.90. The van der Waals surface area contributed by atoms with E-state index in [9.17, 15) is 17.6 Å². The third-order valence-corrected chi connectivity index (χ3v) is 7.48. The summed E-state index contributed by atoms with van der Waals surface area (Å²) in [6.45, 7) is 3.76. The van der Waals surface area contributed by atoms with Gasteiger partial charge in [0.05, 0.1) is 12.8 Å². The number of amides is 1. The van der Waals surface area contributed by atoms with E-state index < -0.39 is 10.0 Å². The summed E-state index contributed by atoms with van der Waals surface area (Å²) >= 11 is 0. The van der Waals surface area contributed by atoms with Crippen LogP contribution in [0.15, 0.2) is 71.6 Å². The first-order valence-electron chi connectivity index (χ1n) is 11.4. The van der Waals surface area contributed by atoms with Gasteiger partial charge in [0.1, 0.15) is 16.5 Å². The highest BCUT2D eigenvalue weighted by molar-refractivity contribution is 7.92. The molecular weight excluding hydrogens is 469 g/mol. The first-order chi connectivity index (χ1) is 16.8. The number of nitrogens with one attached hydrogen (secondary N) is 1. The Balaban J connectivity index is 1.52. The lowest BCUT2D eigenvalue weighted by molar-refractivity contribution is 0.0746. The number of sulfonamides is 1. The van der Waals surface area contributed by atoms with Crippen molar-refractivity contribution in [2.45, 2.75) is 18.2 Å². The van der Waals surface area contributed by atoms with E-state index in [1.54, 1.807) is 41.3 Å². The first-order valence-corrected chi connectivity index (χ1v) is 12.9. The van der Waals surface area contributed by atoms with Crippen molar-refractivity contribution in [3.8, 4) is 5.75 Å². The Bertz CT molecular complexity index is 1300. The van der Waals surface area contributed by atoms with E-state index in [-0.39, 0.29) is 27.9 Å². The SMILES string of the molecule is CCc1ccc(NS(=O)(=O)c2cc(C(=O)N3CCN(c4ccccc4F)CC3)ccc2OC)cc1. The standard InChI is InChI=1S/C26H28FN3O4S/c1-3-19-8-11-21(12-9-19)28-35(32,33)25-18-20(10-13-24(25)34-2)26(31)30-16-14-29(15-17-30)23-7-5-4-6-22(23)27/h4-13,18,28H,3,14-17H2,1-2H3. The third-order valence-electron chi connectivity index (χ3n) is 6.07. The molecule has 0 bridgehead atoms. The first kappa shape index (κ1) is 24.5. The smallest absolute Gasteiger partial charge is 0.265 e. The van der Waals surface area contributed by atoms with E-state index >= 15 is 0 Å². The molecule has 7 nitrogen and oxygen atoms in total. The number of carbonyl (C=O) groups excluding carboxylic acids is 1. The van der Waals surface area contributed by atoms with Crippen LogP contribution >= 0.6 is 0 Å². The Morgan fingerprint density at radius 2 is 1.69 bits per heavy atom. The molecule has 35 heavy (non-hydrogen) atoms. The number of halogens is 1. The van der Waals surface area contributed by atoms with Gasteiger partial charge < -0.3 is 14.5 Å². The van der Waals surface area contributed by atoms with E-state index in [4.69, 9.17) is 4.74 Å². The molecule has 3 aromatic rings. The summed E-state index contributed by atoms with van der Waals surface area (Å²) in [4.78, 5) is 16.6. The van der Waals surface area contributed by atoms with Crippen molar-refractivity contribution in [1.29, 1.82) is 0 Å². The number of rotatable bonds is 7. The monoisotopic (exact) mass is 497 g/mol. The fourth-order valence-corrected chi connectivity index (χ4v) is 5.33. The van der Waals surface area contributed by atoms with Gasteiger partial charge >= 0.3 is 0 Å². The van der Waals surface area contributed by atoms with Gasteiger partial charge in [-0.2, -0.15) is 0 Å². The van der Waals surface area contributed by atoms with Crippen LogP contribution in [0.3, 0.4) is 0 Å². The largest absolute Gasteiger partial charge is 0.495 e. The quantitative estimate of drug-likeness (QED) is 0.530. The molecule has 1 aliphatic rings. The summed E-state index contributed by atoms with van der Waals surface area (Å²) in [5, 5.41) is 0. The van der Waals surface area contributed by atoms with Crippen LogP contribution in [0.25, 0.3) is 0 Å². The second kappa shape index (κ2) is 10.4. The minimum atomic E-state index is -4.01. The second-order valence-electron chi connectivity index (χ2n) is 8.25. The molecule has 3 aromatic carbocycles. The van der Waals surface area contributed by atoms with Crippen LogP contribution < -0.4 is 14.4 Å². The van der Waals surface area contributed by atoms with Crippen molar-refractivity contribution < 1.29 is 22.3 Å². The Hall–Kier alpha value is -3.59. The van der Waals surface area contributed by atoms with Crippen LogP contribution in [0, 0.1) is 5.82 Å². The van der Waals surface area contributed by atoms with Gasteiger partial charge in [-0.05, 0) is 54.4 Å². The number of para-hydroxylation sites is 1. The fraction of sp³-hybridized carbons (Fsp3) is 0.269. The molecule has 1 amide bonds. The van der Waals surface area contributed by atoms with Crippen molar-refractivity contribution in [2.75, 3.05) is 42.9 Å². The molecule has 1 saturated heterocycles. The van der Waals surface area contributed by atoms with Crippen molar-refractivity contribution in [2.24, 2.45) is 0 Å². The number of hydrogen-bond acceptors (Lipinski definition) is 5. The summed E-state index contributed by atoms with van der Waals surface area (Å²) < 4.78 is 48.3. The lowest BCUT2D eigenvalue weighted by Gasteiger charge is -2.36. The van der Waals surface area contributed by atoms with Gasteiger partial charge in [0.2, 0.25) is 0 Å². The summed E-state index contributed by atoms with van der Waals surface area (Å²) in [5.41, 5.74) is 2.26. The summed E-state index contributed by atoms with van der Waals surface area (Å²) in [6.07, 6.45) is 0.847. The highest BCUT2D eigenvalue weighted by Crippen LogP contribution is 2.28. The number of methoxy groups -OCH3 is 1. The topological polar surface area (TPSA) is 79.0 Å². The number of hydrogen-bond donors (Lipinski definition) is 1. The molecule has 184 valence electrons. The number of aryl methyl sites for hydroxylation is 1. The van der Waals surface area contributed by atoms with E-state index in [0.29, 0.717) is 37.6 Å². The average molecular weight is 498 g/mol. The van der Waals surface area contributed by atoms with Gasteiger partial charge in [0.25, 0.3) is 15.9 Å². The molecule has 1 fully saturated rings. The Labute approximate surface area is 205 Å². The highest BCUT2D eigenvalue weighted by atomic mass is 32.2. The summed E-state index contributed by atoms with van der Waals surface area (Å²) in [7, 11) is -2.62. The van der Waals surface area contributed by atoms with E-state index in [0.717, 1.165) is 12.0 Å². The molecule has 4 rings (SSSR count). The minimum Gasteiger partial charge on any atom is -0.495 e. The zero-order valence-electron chi connectivity index (χ0n) is 19.7. The molecule has 0 unspecified atom stereocenters. The molecule has 9 heteroatoms. The minimum absolute atomic E-state index is 0.115. The van der Waals surface area contributed by atoms with Crippen LogP contribution in [0.1, 0.15) is 22.8 Å². The number of anilines is 2. The van der Waals surface area contributed by atoms with Gasteiger partial charge in [0.15, 0.2) is 0 Å². The lowest BCUT2D eigenvalue weighted by Crippen LogP contribution is -2.49. The molecule has 0 saturated carbocycles. The number of ether oxygens (including phenoxy) is 1. The predicted molar refractivity (Wildman–Crippen MR) is 134 cm³/mol. The van der Waals surface area contributed by atoms with Crippen molar-refractivity contribution >= 4 is 27.3 Å². The summed E-state index contributed by atoms with van der Waals surface area (Å²) in [6, 6.07) is 18.1. The molecule has 1 N–H and O–H groups in total. The van der Waals surface area contributed by atoms with Crippen LogP contribution in [-0.2, 0) is 16.4 Å². The maximum atomic E-state index is 14.1. The fourth-order valence-electron chi connectivity index (χ4n) is 4.08. The van der Waals surface area contributed by atoms with Gasteiger partial charge in [-0.1, -0.05) is 31.2 Å². The normalized spacial score (nSPS) is 14.0. The predicted octanol–water partition coefficient (Wildman–Crippen LogP) is 4.16. The Morgan fingerprint density at radius 3 is 2.31 bits per heavy atom. The van der Waals surface area contributed by atoms with E-state index in [1.807, 2.05) is 24.0 Å². The Morgan fingerprint density at radius 1 is 1.00 bits per heavy atom. The van der Waals surface area contributed by atoms with Crippen molar-refractivity contribution in [3.05, 3.63) is 83.7 Å². The number of carbonyl (C=O) groups is 1. The summed E-state index contributed by atoms with van der Waals surface area (Å²) in [5.74, 6) is -0.442. The van der Waals surface area contributed by atoms with Gasteiger partial charge in [-0.3, -0.25) is 9.52 Å². The number of nitrogens with zero attached hydrogens (tertiary/aromatic N) is 2. The maximum absolute atomic E-state index is 14.1. The zero-order chi connectivity index (χ0) is 25.0. The molecule has 0 aliphatic carbocycles. The lowest BCUT2D eigenvalue weighted by atomic mass is 10.1. The third kappa shape index (κ3) is 5.40. The Kier molecular flexibility index (Phi) is 7.25. The number of piperazine rings is 1. The van der Waals surface area contributed by atoms with Gasteiger partial charge in [-0.25, -0.2) is 12.8 Å². The maximum Gasteiger partial charge on any atom is 0.265 e. The molecule has 1 heterocycles. The van der Waals surface area contributed by atoms with Gasteiger partial charge in [-0.15, -0.1) is 0 Å². The molecule has 1 aliphatic heterocycles. The molecular formula is C26H28FN3O4S. The highest BCUT2D eigenvalue weighted by Gasteiger charge is 2.26. The van der Waals surface area contributed by atoms with E-state index in [1.165, 1.54) is 25.3 Å². The molecule has 0 spiro atoms. The molecule has 0 atom stereocenters.